The van der Waals surface area contributed by atoms with Gasteiger partial charge in [0.2, 0.25) is 17.0 Å². The molecule has 112 valence electrons. The number of carbonyl (C=O) groups is 1. The fourth-order valence-corrected chi connectivity index (χ4v) is 1.86. The van der Waals surface area contributed by atoms with Crippen molar-refractivity contribution in [1.29, 1.82) is 0 Å². The Balaban J connectivity index is 2.24. The Labute approximate surface area is 124 Å². The minimum absolute atomic E-state index is 0.104. The molecule has 0 aliphatic carbocycles. The number of anilines is 1. The molecule has 0 saturated heterocycles. The van der Waals surface area contributed by atoms with Gasteiger partial charge in [-0.05, 0) is 6.92 Å². The lowest BCUT2D eigenvalue weighted by Crippen LogP contribution is -2.13. The van der Waals surface area contributed by atoms with Crippen molar-refractivity contribution < 1.29 is 9.53 Å². The second-order valence-corrected chi connectivity index (χ2v) is 4.65. The van der Waals surface area contributed by atoms with Crippen molar-refractivity contribution in [2.45, 2.75) is 12.1 Å². The van der Waals surface area contributed by atoms with Crippen molar-refractivity contribution in [2.24, 2.45) is 5.73 Å². The number of methoxy groups -OCH3 is 1. The number of hydrogen-bond acceptors (Lipinski definition) is 9. The van der Waals surface area contributed by atoms with E-state index in [1.54, 1.807) is 0 Å². The predicted octanol–water partition coefficient (Wildman–Crippen LogP) is -0.530. The van der Waals surface area contributed by atoms with Crippen molar-refractivity contribution in [1.82, 2.24) is 29.7 Å². The van der Waals surface area contributed by atoms with E-state index in [1.165, 1.54) is 18.1 Å². The molecule has 0 aliphatic heterocycles. The van der Waals surface area contributed by atoms with E-state index in [1.807, 2.05) is 6.92 Å². The van der Waals surface area contributed by atoms with E-state index in [0.717, 1.165) is 11.8 Å². The SMILES string of the molecule is CCNc1nc(OC)nc(-n2cnc(SCC(N)=O)n2)n1. The molecule has 0 unspecified atom stereocenters. The van der Waals surface area contributed by atoms with Gasteiger partial charge >= 0.3 is 6.01 Å². The first-order valence-electron chi connectivity index (χ1n) is 5.99. The number of nitrogens with one attached hydrogen (secondary N) is 1. The molecule has 0 spiro atoms. The van der Waals surface area contributed by atoms with Crippen molar-refractivity contribution in [3.8, 4) is 12.0 Å². The van der Waals surface area contributed by atoms with Crippen molar-refractivity contribution >= 4 is 23.6 Å². The third kappa shape index (κ3) is 4.02. The maximum Gasteiger partial charge on any atom is 0.322 e. The second-order valence-electron chi connectivity index (χ2n) is 3.70. The van der Waals surface area contributed by atoms with Crippen LogP contribution in [0.25, 0.3) is 5.95 Å². The summed E-state index contributed by atoms with van der Waals surface area (Å²) in [6.45, 7) is 2.58. The molecule has 0 aliphatic rings. The summed E-state index contributed by atoms with van der Waals surface area (Å²) in [6.07, 6.45) is 1.44. The Morgan fingerprint density at radius 3 is 2.95 bits per heavy atom. The van der Waals surface area contributed by atoms with Crippen LogP contribution in [-0.2, 0) is 4.79 Å². The highest BCUT2D eigenvalue weighted by Crippen LogP contribution is 2.14. The summed E-state index contributed by atoms with van der Waals surface area (Å²) in [5, 5.41) is 7.52. The van der Waals surface area contributed by atoms with Gasteiger partial charge in [0.15, 0.2) is 0 Å². The molecular weight excluding hydrogens is 296 g/mol. The zero-order valence-electron chi connectivity index (χ0n) is 11.5. The molecule has 0 fully saturated rings. The molecule has 10 nitrogen and oxygen atoms in total. The molecule has 21 heavy (non-hydrogen) atoms. The number of aromatic nitrogens is 6. The molecule has 3 N–H and O–H groups in total. The highest BCUT2D eigenvalue weighted by Gasteiger charge is 2.11. The Morgan fingerprint density at radius 2 is 2.29 bits per heavy atom. The van der Waals surface area contributed by atoms with Crippen LogP contribution < -0.4 is 15.8 Å². The standard InChI is InChI=1S/C10H14N8O2S/c1-3-12-7-14-8(16-9(15-7)20-2)18-5-13-10(17-18)21-4-6(11)19/h5H,3-4H2,1-2H3,(H2,11,19)(H,12,14,15,16). The average molecular weight is 310 g/mol. The van der Waals surface area contributed by atoms with Crippen LogP contribution in [0.3, 0.4) is 0 Å². The normalized spacial score (nSPS) is 10.4. The third-order valence-corrected chi connectivity index (χ3v) is 3.01. The number of ether oxygens (including phenoxy) is 1. The molecule has 0 bridgehead atoms. The van der Waals surface area contributed by atoms with Gasteiger partial charge in [-0.1, -0.05) is 11.8 Å². The van der Waals surface area contributed by atoms with Gasteiger partial charge in [-0.25, -0.2) is 4.98 Å². The molecule has 0 aromatic carbocycles. The number of rotatable bonds is 7. The molecule has 1 amide bonds. The number of nitrogens with zero attached hydrogens (tertiary/aromatic N) is 6. The lowest BCUT2D eigenvalue weighted by Gasteiger charge is -2.05. The smallest absolute Gasteiger partial charge is 0.322 e. The van der Waals surface area contributed by atoms with Gasteiger partial charge in [-0.2, -0.15) is 19.6 Å². The summed E-state index contributed by atoms with van der Waals surface area (Å²) in [7, 11) is 1.46. The number of primary amides is 1. The topological polar surface area (TPSA) is 134 Å². The molecule has 0 radical (unpaired) electrons. The molecule has 2 aromatic rings. The third-order valence-electron chi connectivity index (χ3n) is 2.14. The summed E-state index contributed by atoms with van der Waals surface area (Å²) in [5.74, 6) is 0.303. The maximum atomic E-state index is 10.7. The number of nitrogens with two attached hydrogens (primary N) is 1. The lowest BCUT2D eigenvalue weighted by molar-refractivity contribution is -0.115. The van der Waals surface area contributed by atoms with E-state index in [9.17, 15) is 4.79 Å². The second kappa shape index (κ2) is 6.83. The molecule has 0 atom stereocenters. The van der Waals surface area contributed by atoms with Gasteiger partial charge in [0.25, 0.3) is 5.95 Å². The minimum Gasteiger partial charge on any atom is -0.467 e. The number of carbonyl (C=O) groups excluding carboxylic acids is 1. The Hall–Kier alpha value is -2.43. The fourth-order valence-electron chi connectivity index (χ4n) is 1.32. The Morgan fingerprint density at radius 1 is 1.48 bits per heavy atom. The summed E-state index contributed by atoms with van der Waals surface area (Å²) in [4.78, 5) is 27.1. The predicted molar refractivity (Wildman–Crippen MR) is 75.4 cm³/mol. The largest absolute Gasteiger partial charge is 0.467 e. The summed E-state index contributed by atoms with van der Waals surface area (Å²) in [6, 6.07) is 0.165. The zero-order valence-corrected chi connectivity index (χ0v) is 12.3. The first-order valence-corrected chi connectivity index (χ1v) is 6.98. The van der Waals surface area contributed by atoms with E-state index < -0.39 is 5.91 Å². The van der Waals surface area contributed by atoms with Crippen LogP contribution in [0.15, 0.2) is 11.5 Å². The highest BCUT2D eigenvalue weighted by atomic mass is 32.2. The van der Waals surface area contributed by atoms with Gasteiger partial charge < -0.3 is 15.8 Å². The van der Waals surface area contributed by atoms with Crippen LogP contribution in [0.1, 0.15) is 6.92 Å². The van der Waals surface area contributed by atoms with E-state index in [2.05, 4.69) is 30.4 Å². The quantitative estimate of drug-likeness (QED) is 0.647. The van der Waals surface area contributed by atoms with Gasteiger partial charge in [0, 0.05) is 6.54 Å². The monoisotopic (exact) mass is 310 g/mol. The highest BCUT2D eigenvalue weighted by molar-refractivity contribution is 7.99. The van der Waals surface area contributed by atoms with Crippen LogP contribution in [0.2, 0.25) is 0 Å². The zero-order chi connectivity index (χ0) is 15.2. The van der Waals surface area contributed by atoms with E-state index in [0.29, 0.717) is 17.6 Å². The molecule has 0 saturated carbocycles. The molecule has 2 rings (SSSR count). The van der Waals surface area contributed by atoms with Gasteiger partial charge in [0.1, 0.15) is 6.33 Å². The summed E-state index contributed by atoms with van der Waals surface area (Å²) >= 11 is 1.13. The van der Waals surface area contributed by atoms with Crippen molar-refractivity contribution in [3.63, 3.8) is 0 Å². The maximum absolute atomic E-state index is 10.7. The van der Waals surface area contributed by atoms with Crippen LogP contribution in [0.4, 0.5) is 5.95 Å². The van der Waals surface area contributed by atoms with Gasteiger partial charge in [0.05, 0.1) is 12.9 Å². The molecule has 2 aromatic heterocycles. The van der Waals surface area contributed by atoms with Crippen LogP contribution in [-0.4, -0.2) is 55.0 Å². The van der Waals surface area contributed by atoms with Crippen molar-refractivity contribution in [3.05, 3.63) is 6.33 Å². The lowest BCUT2D eigenvalue weighted by atomic mass is 10.7. The van der Waals surface area contributed by atoms with Crippen LogP contribution in [0, 0.1) is 0 Å². The van der Waals surface area contributed by atoms with E-state index in [4.69, 9.17) is 10.5 Å². The summed E-state index contributed by atoms with van der Waals surface area (Å²) < 4.78 is 6.39. The average Bonchev–Trinajstić information content (AvgIpc) is 2.94. The van der Waals surface area contributed by atoms with Crippen LogP contribution >= 0.6 is 11.8 Å². The molecule has 11 heteroatoms. The Kier molecular flexibility index (Phi) is 4.87. The number of hydrogen-bond donors (Lipinski definition) is 2. The number of amides is 1. The molecular formula is C10H14N8O2S. The van der Waals surface area contributed by atoms with Crippen molar-refractivity contribution in [2.75, 3.05) is 24.7 Å². The van der Waals surface area contributed by atoms with Gasteiger partial charge in [-0.15, -0.1) is 5.10 Å². The van der Waals surface area contributed by atoms with E-state index >= 15 is 0 Å². The Bertz CT molecular complexity index is 631. The number of thioether (sulfide) groups is 1. The summed E-state index contributed by atoms with van der Waals surface area (Å²) in [5.41, 5.74) is 5.07. The molecule has 2 heterocycles. The minimum atomic E-state index is -0.437. The first kappa shape index (κ1) is 15.0. The van der Waals surface area contributed by atoms with Crippen LogP contribution in [0.5, 0.6) is 6.01 Å². The van der Waals surface area contributed by atoms with E-state index in [-0.39, 0.29) is 17.7 Å². The van der Waals surface area contributed by atoms with Gasteiger partial charge in [-0.3, -0.25) is 4.79 Å². The first-order chi connectivity index (χ1) is 10.1. The fraction of sp³-hybridized carbons (Fsp3) is 0.400.